The lowest BCUT2D eigenvalue weighted by atomic mass is 9.73. The summed E-state index contributed by atoms with van der Waals surface area (Å²) in [5, 5.41) is 75.3. The molecule has 7 N–H and O–H groups in total. The number of nitrogens with zero attached hydrogens (tertiary/aromatic N) is 3. The quantitative estimate of drug-likeness (QED) is 0.0408. The van der Waals surface area contributed by atoms with Crippen molar-refractivity contribution in [2.24, 2.45) is 28.8 Å². The molecule has 22 nitrogen and oxygen atoms in total. The van der Waals surface area contributed by atoms with E-state index in [-0.39, 0.29) is 61.0 Å². The van der Waals surface area contributed by atoms with E-state index in [4.69, 9.17) is 37.9 Å². The van der Waals surface area contributed by atoms with Crippen LogP contribution in [0.4, 0.5) is 0 Å². The van der Waals surface area contributed by atoms with Crippen molar-refractivity contribution in [2.75, 3.05) is 46.7 Å². The van der Waals surface area contributed by atoms with Crippen molar-refractivity contribution in [1.29, 1.82) is 0 Å². The number of oxime groups is 1. The summed E-state index contributed by atoms with van der Waals surface area (Å²) in [6, 6.07) is 3.16. The first-order chi connectivity index (χ1) is 36.6. The highest BCUT2D eigenvalue weighted by Crippen LogP contribution is 2.42. The zero-order valence-electron chi connectivity index (χ0n) is 47.5. The van der Waals surface area contributed by atoms with Crippen LogP contribution in [-0.4, -0.2) is 195 Å². The molecule has 6 rings (SSSR count). The van der Waals surface area contributed by atoms with Crippen LogP contribution >= 0.6 is 11.8 Å². The number of methoxy groups -OCH3 is 1. The molecule has 3 saturated heterocycles. The number of thioether (sulfide) groups is 1. The van der Waals surface area contributed by atoms with Crippen LogP contribution in [0.3, 0.4) is 0 Å². The number of nitrogens with one attached hydrogen (secondary N) is 1. The number of rotatable bonds is 16. The van der Waals surface area contributed by atoms with Crippen LogP contribution in [0.5, 0.6) is 5.75 Å². The van der Waals surface area contributed by atoms with E-state index in [2.05, 4.69) is 10.5 Å². The minimum atomic E-state index is -2.03. The summed E-state index contributed by atoms with van der Waals surface area (Å²) in [6.07, 6.45) is -8.42. The zero-order chi connectivity index (χ0) is 57.8. The Morgan fingerprint density at radius 1 is 0.974 bits per heavy atom. The highest BCUT2D eigenvalue weighted by molar-refractivity contribution is 7.99. The van der Waals surface area contributed by atoms with E-state index in [1.807, 2.05) is 32.0 Å². The molecule has 23 heteroatoms. The van der Waals surface area contributed by atoms with Gasteiger partial charge >= 0.3 is 17.9 Å². The second-order valence-corrected chi connectivity index (χ2v) is 24.0. The van der Waals surface area contributed by atoms with Gasteiger partial charge < -0.3 is 83.4 Å². The van der Waals surface area contributed by atoms with Crippen LogP contribution in [0.2, 0.25) is 0 Å². The van der Waals surface area contributed by atoms with Gasteiger partial charge in [0, 0.05) is 73.8 Å². The molecule has 440 valence electrons. The molecule has 0 bridgehead atoms. The molecular formula is C55H86N4O18S. The summed E-state index contributed by atoms with van der Waals surface area (Å²) in [5.74, 6) is -5.33. The maximum absolute atomic E-state index is 14.5. The van der Waals surface area contributed by atoms with Gasteiger partial charge in [-0.05, 0) is 93.5 Å². The average molecular weight is 1120 g/mol. The molecule has 78 heavy (non-hydrogen) atoms. The number of aromatic nitrogens is 1. The third-order valence-electron chi connectivity index (χ3n) is 16.4. The van der Waals surface area contributed by atoms with E-state index >= 15 is 0 Å². The number of aliphatic hydroxyl groups is 4. The highest BCUT2D eigenvalue weighted by atomic mass is 32.2. The molecular weight excluding hydrogens is 1040 g/mol. The van der Waals surface area contributed by atoms with Gasteiger partial charge in [-0.25, -0.2) is 4.79 Å². The van der Waals surface area contributed by atoms with Gasteiger partial charge in [-0.3, -0.25) is 14.4 Å². The topological polar surface area (TPSA) is 296 Å². The van der Waals surface area contributed by atoms with E-state index in [0.717, 1.165) is 4.90 Å². The van der Waals surface area contributed by atoms with E-state index in [1.54, 1.807) is 59.1 Å². The number of aryl methyl sites for hydroxylation is 1. The summed E-state index contributed by atoms with van der Waals surface area (Å²) in [7, 11) is 5.15. The number of aliphatic hydroxyl groups excluding tert-OH is 2. The second-order valence-electron chi connectivity index (χ2n) is 22.8. The summed E-state index contributed by atoms with van der Waals surface area (Å²) in [6.45, 7) is 18.2. The number of hydrogen-bond acceptors (Lipinski definition) is 21. The lowest BCUT2D eigenvalue weighted by molar-refractivity contribution is -0.318. The maximum Gasteiger partial charge on any atom is 0.341 e. The van der Waals surface area contributed by atoms with Gasteiger partial charge in [0.2, 0.25) is 5.43 Å². The first-order valence-electron chi connectivity index (χ1n) is 27.3. The van der Waals surface area contributed by atoms with Crippen molar-refractivity contribution < 1.29 is 83.0 Å². The largest absolute Gasteiger partial charge is 0.491 e. The number of esters is 2. The molecule has 0 amide bonds. The molecule has 4 aliphatic rings. The van der Waals surface area contributed by atoms with Crippen molar-refractivity contribution in [3.8, 4) is 5.75 Å². The van der Waals surface area contributed by atoms with Crippen LogP contribution < -0.4 is 15.5 Å². The van der Waals surface area contributed by atoms with Gasteiger partial charge in [0.1, 0.15) is 34.7 Å². The molecule has 18 atom stereocenters. The first-order valence-corrected chi connectivity index (χ1v) is 28.3. The van der Waals surface area contributed by atoms with Crippen molar-refractivity contribution >= 4 is 46.3 Å². The smallest absolute Gasteiger partial charge is 0.341 e. The standard InChI is InChI=1S/C55H86N4O18S/c1-14-39-55(10,68)47(63)30(4)42(57-69)28(2)25-53(8,67)48(77-52-45(62)37(58(11)12)22-29(3)72-52)31(5)46(32(6)51(66)74-39)76-41-26-54(9,70-13)49(33(7)73-41)75-40(60)16-17-56-18-21-78-34-23-35-43-38(24-34)71-20-15-19-59(43)27-36(44(35)61)50(64)65/h23-24,27-33,37,39,41,45-49,52,56,62-63,67-69H,14-22,25-26H2,1-13H3,(H,64,65)/b57-42+/t28-,29+,30+,31+,32-,33+,37-,39-,41+,45+,46+,47-,48-,49+,52-,53-,54-,55-/m1/s1. The van der Waals surface area contributed by atoms with Crippen LogP contribution in [0.1, 0.15) is 118 Å². The van der Waals surface area contributed by atoms with Crippen LogP contribution in [0.25, 0.3) is 10.9 Å². The van der Waals surface area contributed by atoms with Crippen molar-refractivity contribution in [2.45, 2.75) is 203 Å². The maximum atomic E-state index is 14.5. The van der Waals surface area contributed by atoms with Gasteiger partial charge in [0.15, 0.2) is 18.7 Å². The number of carbonyl (C=O) groups is 3. The number of ether oxygens (including phenoxy) is 8. The normalized spacial score (nSPS) is 37.8. The number of aromatic carboxylic acids is 1. The number of hydrogen-bond donors (Lipinski definition) is 7. The Labute approximate surface area is 461 Å². The molecule has 0 spiro atoms. The summed E-state index contributed by atoms with van der Waals surface area (Å²) < 4.78 is 52.3. The lowest BCUT2D eigenvalue weighted by Gasteiger charge is -2.49. The fraction of sp³-hybridized carbons (Fsp3) is 0.764. The van der Waals surface area contributed by atoms with Crippen molar-refractivity contribution in [1.82, 2.24) is 14.8 Å². The van der Waals surface area contributed by atoms with Crippen LogP contribution in [-0.2, 0) is 49.3 Å². The van der Waals surface area contributed by atoms with Crippen molar-refractivity contribution in [3.05, 3.63) is 34.1 Å². The van der Waals surface area contributed by atoms with E-state index in [1.165, 1.54) is 38.9 Å². The summed E-state index contributed by atoms with van der Waals surface area (Å²) in [5.41, 5.74) is -5.31. The minimum Gasteiger partial charge on any atom is -0.491 e. The number of carbonyl (C=O) groups excluding carboxylic acids is 2. The zero-order valence-corrected chi connectivity index (χ0v) is 48.3. The van der Waals surface area contributed by atoms with Gasteiger partial charge in [0.25, 0.3) is 0 Å². The molecule has 0 unspecified atom stereocenters. The monoisotopic (exact) mass is 1120 g/mol. The van der Waals surface area contributed by atoms with E-state index < -0.39 is 119 Å². The molecule has 1 aromatic carbocycles. The Bertz CT molecular complexity index is 2490. The fourth-order valence-electron chi connectivity index (χ4n) is 12.0. The van der Waals surface area contributed by atoms with Crippen LogP contribution in [0, 0.1) is 23.7 Å². The molecule has 0 saturated carbocycles. The SMILES string of the molecule is CC[C@H]1OC(=O)[C@H](C)[C@@H](O[C@H]2C[C@@](C)(OC)[C@@H](OC(=O)CCNCCSc3cc4c5c(c3)c(=O)c(C(=O)O)cn5CCCO4)[C@H](C)O2)[C@H](C)[C@@H](O[C@H]2O[C@@H](C)C[C@@H](N(C)C)[C@@H]2O)[C@](C)(O)C[C@@H](C)/C(=N\O)[C@H](C)[C@@H](O)[C@]1(C)O. The van der Waals surface area contributed by atoms with Crippen LogP contribution in [0.15, 0.2) is 33.2 Å². The average Bonchev–Trinajstić information content (AvgIpc) is 3.66. The number of carboxylic acids is 1. The molecule has 4 aliphatic heterocycles. The number of pyridine rings is 1. The fourth-order valence-corrected chi connectivity index (χ4v) is 12.9. The number of carboxylic acid groups (broad SMARTS) is 1. The van der Waals surface area contributed by atoms with Gasteiger partial charge in [-0.2, -0.15) is 0 Å². The lowest BCUT2D eigenvalue weighted by Crippen LogP contribution is -2.61. The van der Waals surface area contributed by atoms with Gasteiger partial charge in [-0.15, -0.1) is 11.8 Å². The Hall–Kier alpha value is -3.98. The number of cyclic esters (lactones) is 1. The summed E-state index contributed by atoms with van der Waals surface area (Å²) in [4.78, 5) is 55.7. The molecule has 0 radical (unpaired) electrons. The highest BCUT2D eigenvalue weighted by Gasteiger charge is 2.54. The Morgan fingerprint density at radius 3 is 2.32 bits per heavy atom. The van der Waals surface area contributed by atoms with Gasteiger partial charge in [0.05, 0.1) is 71.7 Å². The second kappa shape index (κ2) is 26.3. The Kier molecular flexibility index (Phi) is 21.3. The third-order valence-corrected chi connectivity index (χ3v) is 17.4. The Morgan fingerprint density at radius 2 is 1.68 bits per heavy atom. The molecule has 1 aromatic heterocycles. The molecule has 3 fully saturated rings. The van der Waals surface area contributed by atoms with E-state index in [0.29, 0.717) is 49.6 Å². The predicted molar refractivity (Wildman–Crippen MR) is 288 cm³/mol. The number of benzene rings is 1. The first kappa shape index (κ1) is 63.2. The third kappa shape index (κ3) is 14.0. The van der Waals surface area contributed by atoms with Crippen molar-refractivity contribution in [3.63, 3.8) is 0 Å². The van der Waals surface area contributed by atoms with E-state index in [9.17, 15) is 49.9 Å². The summed E-state index contributed by atoms with van der Waals surface area (Å²) >= 11 is 1.45. The number of likely N-dealkylation sites (N-methyl/N-ethyl adjacent to an activating group) is 1. The Balaban J connectivity index is 1.18. The van der Waals surface area contributed by atoms with Gasteiger partial charge in [-0.1, -0.05) is 32.9 Å². The molecule has 2 aromatic rings. The predicted octanol–water partition coefficient (Wildman–Crippen LogP) is 4.17. The minimum absolute atomic E-state index is 0.00106. The molecule has 0 aliphatic carbocycles. The molecule has 5 heterocycles.